The molecule has 0 bridgehead atoms. The zero-order chi connectivity index (χ0) is 10.2. The van der Waals surface area contributed by atoms with Crippen molar-refractivity contribution in [1.29, 1.82) is 0 Å². The fourth-order valence-corrected chi connectivity index (χ4v) is 3.78. The predicted molar refractivity (Wildman–Crippen MR) is 55.1 cm³/mol. The van der Waals surface area contributed by atoms with Crippen LogP contribution in [-0.4, -0.2) is 30.0 Å². The summed E-state index contributed by atoms with van der Waals surface area (Å²) < 4.78 is 28.3. The number of rotatable bonds is 2. The summed E-state index contributed by atoms with van der Waals surface area (Å²) in [7, 11) is -2.36. The topological polar surface area (TPSA) is 43.4 Å². The van der Waals surface area contributed by atoms with E-state index in [1.165, 1.54) is 7.11 Å². The van der Waals surface area contributed by atoms with E-state index in [4.69, 9.17) is 0 Å². The normalized spacial score (nSPS) is 12.1. The van der Waals surface area contributed by atoms with Crippen molar-refractivity contribution < 1.29 is 12.6 Å². The van der Waals surface area contributed by atoms with Gasteiger partial charge in [-0.15, -0.1) is 0 Å². The van der Waals surface area contributed by atoms with E-state index in [0.717, 1.165) is 9.65 Å². The average Bonchev–Trinajstić information content (AvgIpc) is 2.64. The zero-order valence-corrected chi connectivity index (χ0v) is 9.96. The zero-order valence-electron chi connectivity index (χ0n) is 7.43. The molecule has 1 heterocycles. The monoisotopic (exact) mass is 276 g/mol. The molecular formula is C9H8O3SSe. The summed E-state index contributed by atoms with van der Waals surface area (Å²) in [6.45, 7) is 0. The third kappa shape index (κ3) is 1.64. The molecule has 0 amide bonds. The molecule has 2 rings (SSSR count). The molecule has 14 heavy (non-hydrogen) atoms. The van der Waals surface area contributed by atoms with Crippen molar-refractivity contribution in [3.63, 3.8) is 0 Å². The maximum absolute atomic E-state index is 11.4. The van der Waals surface area contributed by atoms with Gasteiger partial charge in [0, 0.05) is 0 Å². The molecule has 0 aliphatic heterocycles. The van der Waals surface area contributed by atoms with E-state index in [2.05, 4.69) is 9.12 Å². The average molecular weight is 275 g/mol. The van der Waals surface area contributed by atoms with Gasteiger partial charge in [-0.05, 0) is 0 Å². The van der Waals surface area contributed by atoms with Crippen molar-refractivity contribution in [2.45, 2.75) is 4.90 Å². The molecular weight excluding hydrogens is 267 g/mol. The number of hydrogen-bond donors (Lipinski definition) is 0. The van der Waals surface area contributed by atoms with Crippen LogP contribution in [0.1, 0.15) is 0 Å². The number of hydrogen-bond acceptors (Lipinski definition) is 3. The second kappa shape index (κ2) is 3.51. The molecule has 1 aromatic carbocycles. The molecule has 1 aromatic heterocycles. The third-order valence-corrected chi connectivity index (χ3v) is 5.05. The van der Waals surface area contributed by atoms with Crippen LogP contribution < -0.4 is 0 Å². The van der Waals surface area contributed by atoms with Gasteiger partial charge in [-0.25, -0.2) is 0 Å². The van der Waals surface area contributed by atoms with Gasteiger partial charge in [-0.2, -0.15) is 0 Å². The second-order valence-corrected chi connectivity index (χ2v) is 6.44. The first kappa shape index (κ1) is 9.93. The quantitative estimate of drug-likeness (QED) is 0.611. The van der Waals surface area contributed by atoms with Gasteiger partial charge >= 0.3 is 88.1 Å². The van der Waals surface area contributed by atoms with E-state index in [1.54, 1.807) is 12.1 Å². The SMILES string of the molecule is COS(=O)(=O)c1ccc2cc[se]c2c1. The summed E-state index contributed by atoms with van der Waals surface area (Å²) in [4.78, 5) is 2.31. The van der Waals surface area contributed by atoms with E-state index in [-0.39, 0.29) is 19.4 Å². The Labute approximate surface area is 88.2 Å². The van der Waals surface area contributed by atoms with Crippen LogP contribution in [0.4, 0.5) is 0 Å². The van der Waals surface area contributed by atoms with E-state index in [1.807, 2.05) is 12.1 Å². The second-order valence-electron chi connectivity index (χ2n) is 2.74. The summed E-state index contributed by atoms with van der Waals surface area (Å²) in [5.74, 6) is 0. The van der Waals surface area contributed by atoms with Crippen LogP contribution in [0.5, 0.6) is 0 Å². The van der Waals surface area contributed by atoms with E-state index in [0.29, 0.717) is 0 Å². The first-order valence-electron chi connectivity index (χ1n) is 3.91. The molecule has 0 radical (unpaired) electrons. The molecule has 74 valence electrons. The minimum atomic E-state index is -3.54. The molecule has 3 nitrogen and oxygen atoms in total. The van der Waals surface area contributed by atoms with Gasteiger partial charge in [-0.1, -0.05) is 0 Å². The first-order valence-corrected chi connectivity index (χ1v) is 7.17. The van der Waals surface area contributed by atoms with Crippen molar-refractivity contribution >= 4 is 34.3 Å². The van der Waals surface area contributed by atoms with Crippen LogP contribution in [0.3, 0.4) is 0 Å². The van der Waals surface area contributed by atoms with Gasteiger partial charge in [0.25, 0.3) is 0 Å². The van der Waals surface area contributed by atoms with Gasteiger partial charge < -0.3 is 0 Å². The van der Waals surface area contributed by atoms with Crippen molar-refractivity contribution in [3.8, 4) is 0 Å². The van der Waals surface area contributed by atoms with Gasteiger partial charge in [0.05, 0.1) is 0 Å². The van der Waals surface area contributed by atoms with Crippen molar-refractivity contribution in [2.75, 3.05) is 7.11 Å². The molecule has 2 aromatic rings. The summed E-state index contributed by atoms with van der Waals surface area (Å²) in [6.07, 6.45) is 0. The van der Waals surface area contributed by atoms with Crippen molar-refractivity contribution in [1.82, 2.24) is 0 Å². The Morgan fingerprint density at radius 1 is 1.29 bits per heavy atom. The molecule has 0 N–H and O–H groups in total. The Bertz CT molecular complexity index is 556. The van der Waals surface area contributed by atoms with E-state index < -0.39 is 10.1 Å². The predicted octanol–water partition coefficient (Wildman–Crippen LogP) is 1.23. The van der Waals surface area contributed by atoms with Gasteiger partial charge in [0.1, 0.15) is 0 Å². The first-order chi connectivity index (χ1) is 6.63. The molecule has 5 heteroatoms. The molecule has 0 unspecified atom stereocenters. The third-order valence-electron chi connectivity index (χ3n) is 1.94. The number of fused-ring (bicyclic) bond motifs is 1. The van der Waals surface area contributed by atoms with Crippen LogP contribution >= 0.6 is 0 Å². The summed E-state index contributed by atoms with van der Waals surface area (Å²) in [5.41, 5.74) is 0. The minimum absolute atomic E-state index is 0.240. The number of benzene rings is 1. The van der Waals surface area contributed by atoms with Crippen LogP contribution in [0.15, 0.2) is 34.1 Å². The Balaban J connectivity index is 2.65. The molecule has 0 saturated heterocycles. The van der Waals surface area contributed by atoms with Gasteiger partial charge in [0.15, 0.2) is 0 Å². The summed E-state index contributed by atoms with van der Waals surface area (Å²) in [5, 5.41) is 1.11. The fourth-order valence-electron chi connectivity index (χ4n) is 1.19. The molecule has 0 fully saturated rings. The van der Waals surface area contributed by atoms with Crippen LogP contribution in [0, 0.1) is 0 Å². The molecule has 0 aliphatic carbocycles. The molecule has 0 atom stereocenters. The summed E-state index contributed by atoms with van der Waals surface area (Å²) in [6, 6.07) is 7.09. The van der Waals surface area contributed by atoms with Crippen molar-refractivity contribution in [2.24, 2.45) is 0 Å². The summed E-state index contributed by atoms with van der Waals surface area (Å²) >= 11 is 0.259. The molecule has 0 spiro atoms. The van der Waals surface area contributed by atoms with Crippen LogP contribution in [0.2, 0.25) is 0 Å². The Hall–Kier alpha value is -0.611. The Morgan fingerprint density at radius 3 is 2.79 bits per heavy atom. The van der Waals surface area contributed by atoms with Crippen LogP contribution in [0.25, 0.3) is 9.65 Å². The Kier molecular flexibility index (Phi) is 2.49. The fraction of sp³-hybridized carbons (Fsp3) is 0.111. The Morgan fingerprint density at radius 2 is 2.07 bits per heavy atom. The molecule has 0 saturated carbocycles. The van der Waals surface area contributed by atoms with E-state index in [9.17, 15) is 8.42 Å². The van der Waals surface area contributed by atoms with Crippen molar-refractivity contribution in [3.05, 3.63) is 29.2 Å². The molecule has 0 aliphatic rings. The van der Waals surface area contributed by atoms with Crippen LogP contribution in [-0.2, 0) is 14.3 Å². The standard InChI is InChI=1S/C9H8O3SSe/c1-12-13(10,11)8-3-2-7-4-5-14-9(7)6-8/h2-6H,1H3. The maximum atomic E-state index is 11.4. The van der Waals surface area contributed by atoms with E-state index >= 15 is 0 Å². The van der Waals surface area contributed by atoms with Gasteiger partial charge in [0.2, 0.25) is 0 Å². The van der Waals surface area contributed by atoms with Gasteiger partial charge in [-0.3, -0.25) is 0 Å².